The van der Waals surface area contributed by atoms with Crippen LogP contribution in [0.15, 0.2) is 11.8 Å². The van der Waals surface area contributed by atoms with Crippen molar-refractivity contribution >= 4 is 12.1 Å². The molecule has 0 saturated carbocycles. The Hall–Kier alpha value is -1.56. The SMILES string of the molecule is CCOC(=O)C(C)=COC(=O)N1CCOCC1. The summed E-state index contributed by atoms with van der Waals surface area (Å²) in [6.45, 7) is 5.57. The predicted octanol–water partition coefficient (Wildman–Crippen LogP) is 0.922. The summed E-state index contributed by atoms with van der Waals surface area (Å²) in [7, 11) is 0. The van der Waals surface area contributed by atoms with Gasteiger partial charge in [-0.3, -0.25) is 0 Å². The second-order valence-electron chi connectivity index (χ2n) is 3.50. The molecule has 0 aromatic rings. The van der Waals surface area contributed by atoms with Gasteiger partial charge in [0.15, 0.2) is 0 Å². The number of ether oxygens (including phenoxy) is 3. The van der Waals surface area contributed by atoms with Gasteiger partial charge < -0.3 is 19.1 Å². The quantitative estimate of drug-likeness (QED) is 0.419. The first-order valence-corrected chi connectivity index (χ1v) is 5.52. The van der Waals surface area contributed by atoms with Gasteiger partial charge in [0.05, 0.1) is 25.4 Å². The molecule has 0 unspecified atom stereocenters. The summed E-state index contributed by atoms with van der Waals surface area (Å²) < 4.78 is 14.7. The van der Waals surface area contributed by atoms with E-state index in [9.17, 15) is 9.59 Å². The lowest BCUT2D eigenvalue weighted by atomic mass is 10.3. The minimum atomic E-state index is -0.484. The molecule has 0 aromatic heterocycles. The van der Waals surface area contributed by atoms with Gasteiger partial charge in [-0.05, 0) is 13.8 Å². The lowest BCUT2D eigenvalue weighted by Crippen LogP contribution is -2.40. The molecule has 0 N–H and O–H groups in total. The van der Waals surface area contributed by atoms with Crippen LogP contribution < -0.4 is 0 Å². The third-order valence-corrected chi connectivity index (χ3v) is 2.20. The van der Waals surface area contributed by atoms with Crippen LogP contribution in [-0.2, 0) is 19.0 Å². The molecule has 1 aliphatic rings. The zero-order valence-electron chi connectivity index (χ0n) is 10.1. The number of nitrogens with zero attached hydrogens (tertiary/aromatic N) is 1. The van der Waals surface area contributed by atoms with Crippen molar-refractivity contribution < 1.29 is 23.8 Å². The lowest BCUT2D eigenvalue weighted by Gasteiger charge is -2.25. The summed E-state index contributed by atoms with van der Waals surface area (Å²) in [4.78, 5) is 24.3. The number of esters is 1. The standard InChI is InChI=1S/C11H17NO5/c1-3-16-10(13)9(2)8-17-11(14)12-4-6-15-7-5-12/h8H,3-7H2,1-2H3. The molecule has 0 spiro atoms. The fourth-order valence-corrected chi connectivity index (χ4v) is 1.25. The highest BCUT2D eigenvalue weighted by molar-refractivity contribution is 5.87. The normalized spacial score (nSPS) is 16.6. The fourth-order valence-electron chi connectivity index (χ4n) is 1.25. The Labute approximate surface area is 100 Å². The lowest BCUT2D eigenvalue weighted by molar-refractivity contribution is -0.138. The summed E-state index contributed by atoms with van der Waals surface area (Å²) in [5.74, 6) is -0.484. The molecular weight excluding hydrogens is 226 g/mol. The maximum atomic E-state index is 11.5. The van der Waals surface area contributed by atoms with Crippen LogP contribution in [0.2, 0.25) is 0 Å². The third-order valence-electron chi connectivity index (χ3n) is 2.20. The fraction of sp³-hybridized carbons (Fsp3) is 0.636. The van der Waals surface area contributed by atoms with Crippen molar-refractivity contribution in [3.05, 3.63) is 11.8 Å². The Balaban J connectivity index is 2.40. The average Bonchev–Trinajstić information content (AvgIpc) is 2.36. The summed E-state index contributed by atoms with van der Waals surface area (Å²) in [6, 6.07) is 0. The Kier molecular flexibility index (Phi) is 5.48. The van der Waals surface area contributed by atoms with Crippen LogP contribution in [0.1, 0.15) is 13.8 Å². The monoisotopic (exact) mass is 243 g/mol. The van der Waals surface area contributed by atoms with E-state index >= 15 is 0 Å². The van der Waals surface area contributed by atoms with E-state index in [0.29, 0.717) is 32.9 Å². The molecule has 96 valence electrons. The third kappa shape index (κ3) is 4.44. The molecule has 1 heterocycles. The van der Waals surface area contributed by atoms with Gasteiger partial charge in [-0.1, -0.05) is 0 Å². The number of carbonyl (C=O) groups excluding carboxylic acids is 2. The number of carbonyl (C=O) groups is 2. The smallest absolute Gasteiger partial charge is 0.414 e. The number of rotatable bonds is 3. The molecule has 0 aliphatic carbocycles. The van der Waals surface area contributed by atoms with Crippen LogP contribution in [0.4, 0.5) is 4.79 Å². The maximum absolute atomic E-state index is 11.5. The molecule has 0 bridgehead atoms. The van der Waals surface area contributed by atoms with E-state index in [4.69, 9.17) is 14.2 Å². The van der Waals surface area contributed by atoms with Gasteiger partial charge >= 0.3 is 12.1 Å². The highest BCUT2D eigenvalue weighted by atomic mass is 16.6. The predicted molar refractivity (Wildman–Crippen MR) is 59.3 cm³/mol. The molecule has 6 nitrogen and oxygen atoms in total. The van der Waals surface area contributed by atoms with Crippen LogP contribution >= 0.6 is 0 Å². The van der Waals surface area contributed by atoms with E-state index < -0.39 is 12.1 Å². The number of hydrogen-bond acceptors (Lipinski definition) is 5. The Morgan fingerprint density at radius 2 is 2.00 bits per heavy atom. The summed E-state index contributed by atoms with van der Waals surface area (Å²) in [5, 5.41) is 0. The van der Waals surface area contributed by atoms with Crippen molar-refractivity contribution in [2.24, 2.45) is 0 Å². The van der Waals surface area contributed by atoms with Crippen LogP contribution in [0.5, 0.6) is 0 Å². The van der Waals surface area contributed by atoms with E-state index in [1.165, 1.54) is 11.8 Å². The molecule has 1 fully saturated rings. The zero-order chi connectivity index (χ0) is 12.7. The van der Waals surface area contributed by atoms with E-state index in [0.717, 1.165) is 6.26 Å². The minimum Gasteiger partial charge on any atom is -0.463 e. The number of amides is 1. The largest absolute Gasteiger partial charge is 0.463 e. The summed E-state index contributed by atoms with van der Waals surface area (Å²) in [6.07, 6.45) is 0.646. The Morgan fingerprint density at radius 3 is 2.59 bits per heavy atom. The van der Waals surface area contributed by atoms with E-state index in [2.05, 4.69) is 0 Å². The van der Waals surface area contributed by atoms with Gasteiger partial charge in [0, 0.05) is 13.1 Å². The number of hydrogen-bond donors (Lipinski definition) is 0. The van der Waals surface area contributed by atoms with Crippen molar-refractivity contribution in [1.82, 2.24) is 4.90 Å². The first-order valence-electron chi connectivity index (χ1n) is 5.52. The summed E-state index contributed by atoms with van der Waals surface area (Å²) in [5.41, 5.74) is 0.258. The number of morpholine rings is 1. The molecule has 1 amide bonds. The molecule has 0 atom stereocenters. The van der Waals surface area contributed by atoms with Crippen molar-refractivity contribution in [3.8, 4) is 0 Å². The molecule has 1 saturated heterocycles. The highest BCUT2D eigenvalue weighted by Gasteiger charge is 2.17. The second-order valence-corrected chi connectivity index (χ2v) is 3.50. The van der Waals surface area contributed by atoms with Crippen molar-refractivity contribution in [2.75, 3.05) is 32.9 Å². The molecule has 0 aromatic carbocycles. The van der Waals surface area contributed by atoms with E-state index in [-0.39, 0.29) is 5.57 Å². The zero-order valence-corrected chi connectivity index (χ0v) is 10.1. The molecule has 1 aliphatic heterocycles. The van der Waals surface area contributed by atoms with Gasteiger partial charge in [0.25, 0.3) is 0 Å². The molecular formula is C11H17NO5. The van der Waals surface area contributed by atoms with Crippen molar-refractivity contribution in [3.63, 3.8) is 0 Å². The van der Waals surface area contributed by atoms with Crippen molar-refractivity contribution in [1.29, 1.82) is 0 Å². The first kappa shape index (κ1) is 13.5. The van der Waals surface area contributed by atoms with Crippen LogP contribution in [0.25, 0.3) is 0 Å². The Morgan fingerprint density at radius 1 is 1.35 bits per heavy atom. The molecule has 6 heteroatoms. The topological polar surface area (TPSA) is 65.1 Å². The molecule has 17 heavy (non-hydrogen) atoms. The second kappa shape index (κ2) is 6.90. The average molecular weight is 243 g/mol. The van der Waals surface area contributed by atoms with Gasteiger partial charge in [-0.2, -0.15) is 0 Å². The van der Waals surface area contributed by atoms with Crippen LogP contribution in [0, 0.1) is 0 Å². The van der Waals surface area contributed by atoms with Crippen LogP contribution in [0.3, 0.4) is 0 Å². The highest BCUT2D eigenvalue weighted by Crippen LogP contribution is 2.03. The molecule has 0 radical (unpaired) electrons. The summed E-state index contributed by atoms with van der Waals surface area (Å²) >= 11 is 0. The van der Waals surface area contributed by atoms with E-state index in [1.54, 1.807) is 6.92 Å². The van der Waals surface area contributed by atoms with Gasteiger partial charge in [-0.25, -0.2) is 9.59 Å². The molecule has 1 rings (SSSR count). The van der Waals surface area contributed by atoms with Gasteiger partial charge in [0.2, 0.25) is 0 Å². The first-order chi connectivity index (χ1) is 8.15. The maximum Gasteiger partial charge on any atom is 0.414 e. The Bertz CT molecular complexity index is 307. The van der Waals surface area contributed by atoms with E-state index in [1.807, 2.05) is 0 Å². The minimum absolute atomic E-state index is 0.258. The van der Waals surface area contributed by atoms with Crippen molar-refractivity contribution in [2.45, 2.75) is 13.8 Å². The van der Waals surface area contributed by atoms with Gasteiger partial charge in [-0.15, -0.1) is 0 Å². The van der Waals surface area contributed by atoms with Crippen LogP contribution in [-0.4, -0.2) is 49.9 Å². The van der Waals surface area contributed by atoms with Gasteiger partial charge in [0.1, 0.15) is 6.26 Å².